The van der Waals surface area contributed by atoms with Crippen LogP contribution >= 0.6 is 0 Å². The van der Waals surface area contributed by atoms with Crippen molar-refractivity contribution in [1.82, 2.24) is 9.29 Å². The van der Waals surface area contributed by atoms with E-state index in [1.165, 1.54) is 6.20 Å². The number of nitrogens with one attached hydrogen (secondary N) is 1. The lowest BCUT2D eigenvalue weighted by Crippen LogP contribution is -2.52. The van der Waals surface area contributed by atoms with Gasteiger partial charge in [0.25, 0.3) is 0 Å². The molecule has 1 atom stereocenters. The molecule has 7 nitrogen and oxygen atoms in total. The van der Waals surface area contributed by atoms with Crippen LogP contribution in [0.15, 0.2) is 35.4 Å². The van der Waals surface area contributed by atoms with Gasteiger partial charge in [0.15, 0.2) is 0 Å². The number of carboxylic acid groups (broad SMARTS) is 1. The maximum atomic E-state index is 12.8. The van der Waals surface area contributed by atoms with Crippen LogP contribution in [0, 0.1) is 0 Å². The quantitative estimate of drug-likeness (QED) is 0.866. The zero-order chi connectivity index (χ0) is 15.0. The minimum atomic E-state index is -3.90. The second-order valence-electron chi connectivity index (χ2n) is 4.74. The summed E-state index contributed by atoms with van der Waals surface area (Å²) in [7, 11) is -3.90. The van der Waals surface area contributed by atoms with Crippen LogP contribution in [0.25, 0.3) is 10.9 Å². The summed E-state index contributed by atoms with van der Waals surface area (Å²) in [5, 5.41) is 9.74. The molecule has 0 bridgehead atoms. The Kier molecular flexibility index (Phi) is 3.44. The highest BCUT2D eigenvalue weighted by Crippen LogP contribution is 2.27. The summed E-state index contributed by atoms with van der Waals surface area (Å²) >= 11 is 0. The van der Waals surface area contributed by atoms with E-state index in [1.54, 1.807) is 24.3 Å². The lowest BCUT2D eigenvalue weighted by molar-refractivity contribution is -0.146. The number of nitrogens with zero attached hydrogens (tertiary/aromatic N) is 1. The van der Waals surface area contributed by atoms with Crippen molar-refractivity contribution in [2.75, 3.05) is 19.8 Å². The number of hydrogen-bond acceptors (Lipinski definition) is 4. The minimum absolute atomic E-state index is 0.0266. The van der Waals surface area contributed by atoms with Gasteiger partial charge in [0.1, 0.15) is 10.9 Å². The normalized spacial score (nSPS) is 20.7. The van der Waals surface area contributed by atoms with Gasteiger partial charge in [-0.15, -0.1) is 0 Å². The number of H-pyrrole nitrogens is 1. The lowest BCUT2D eigenvalue weighted by atomic mass is 10.2. The van der Waals surface area contributed by atoms with Crippen molar-refractivity contribution in [2.45, 2.75) is 10.9 Å². The Morgan fingerprint density at radius 2 is 2.14 bits per heavy atom. The number of hydrogen-bond donors (Lipinski definition) is 2. The van der Waals surface area contributed by atoms with Gasteiger partial charge >= 0.3 is 5.97 Å². The van der Waals surface area contributed by atoms with E-state index >= 15 is 0 Å². The van der Waals surface area contributed by atoms with Gasteiger partial charge in [0.05, 0.1) is 13.2 Å². The first-order valence-electron chi connectivity index (χ1n) is 6.40. The van der Waals surface area contributed by atoms with Crippen LogP contribution in [-0.4, -0.2) is 54.6 Å². The summed E-state index contributed by atoms with van der Waals surface area (Å²) in [5.74, 6) is -1.21. The van der Waals surface area contributed by atoms with Gasteiger partial charge in [-0.25, -0.2) is 8.42 Å². The van der Waals surface area contributed by atoms with Crippen LogP contribution in [0.3, 0.4) is 0 Å². The molecule has 21 heavy (non-hydrogen) atoms. The number of carboxylic acids is 1. The molecule has 0 saturated carbocycles. The molecule has 2 N–H and O–H groups in total. The van der Waals surface area contributed by atoms with Crippen LogP contribution < -0.4 is 0 Å². The first kappa shape index (κ1) is 14.1. The first-order valence-corrected chi connectivity index (χ1v) is 7.84. The molecule has 0 amide bonds. The Labute approximate surface area is 121 Å². The fourth-order valence-electron chi connectivity index (χ4n) is 2.46. The SMILES string of the molecule is O=C(O)C1COCCN1S(=O)(=O)c1c[nH]c2ccccc12. The molecular weight excluding hydrogens is 296 g/mol. The van der Waals surface area contributed by atoms with E-state index in [-0.39, 0.29) is 24.7 Å². The molecule has 112 valence electrons. The lowest BCUT2D eigenvalue weighted by Gasteiger charge is -2.31. The zero-order valence-corrected chi connectivity index (χ0v) is 11.8. The third kappa shape index (κ3) is 2.31. The van der Waals surface area contributed by atoms with Crippen LogP contribution in [0.4, 0.5) is 0 Å². The number of aromatic nitrogens is 1. The van der Waals surface area contributed by atoms with Crippen molar-refractivity contribution >= 4 is 26.9 Å². The van der Waals surface area contributed by atoms with E-state index in [9.17, 15) is 18.3 Å². The van der Waals surface area contributed by atoms with Crippen LogP contribution in [0.1, 0.15) is 0 Å². The summed E-state index contributed by atoms with van der Waals surface area (Å²) in [5.41, 5.74) is 0.691. The number of sulfonamides is 1. The van der Waals surface area contributed by atoms with Crippen LogP contribution in [0.5, 0.6) is 0 Å². The fraction of sp³-hybridized carbons (Fsp3) is 0.308. The molecule has 0 spiro atoms. The van der Waals surface area contributed by atoms with Gasteiger partial charge in [0.2, 0.25) is 10.0 Å². The van der Waals surface area contributed by atoms with E-state index < -0.39 is 22.0 Å². The highest BCUT2D eigenvalue weighted by atomic mass is 32.2. The summed E-state index contributed by atoms with van der Waals surface area (Å²) in [4.78, 5) is 14.2. The first-order chi connectivity index (χ1) is 10.0. The molecule has 1 aliphatic heterocycles. The molecule has 8 heteroatoms. The van der Waals surface area contributed by atoms with Gasteiger partial charge < -0.3 is 14.8 Å². The molecule has 3 rings (SSSR count). The summed E-state index contributed by atoms with van der Waals surface area (Å²) in [6.07, 6.45) is 1.40. The summed E-state index contributed by atoms with van der Waals surface area (Å²) in [6, 6.07) is 5.79. The number of aliphatic carboxylic acids is 1. The van der Waals surface area contributed by atoms with E-state index in [0.717, 1.165) is 4.31 Å². The molecule has 1 unspecified atom stereocenters. The number of morpholine rings is 1. The Hall–Kier alpha value is -1.90. The Morgan fingerprint density at radius 1 is 1.38 bits per heavy atom. The minimum Gasteiger partial charge on any atom is -0.480 e. The third-order valence-electron chi connectivity index (χ3n) is 3.50. The van der Waals surface area contributed by atoms with E-state index in [4.69, 9.17) is 4.74 Å². The second-order valence-corrected chi connectivity index (χ2v) is 6.60. The predicted octanol–water partition coefficient (Wildman–Crippen LogP) is 0.642. The third-order valence-corrected chi connectivity index (χ3v) is 5.45. The maximum absolute atomic E-state index is 12.8. The number of para-hydroxylation sites is 1. The van der Waals surface area contributed by atoms with Crippen molar-refractivity contribution in [3.63, 3.8) is 0 Å². The average Bonchev–Trinajstić information content (AvgIpc) is 2.92. The Bertz CT molecular complexity index is 783. The van der Waals surface area contributed by atoms with Crippen molar-refractivity contribution in [1.29, 1.82) is 0 Å². The molecule has 1 fully saturated rings. The molecular formula is C13H14N2O5S. The van der Waals surface area contributed by atoms with Crippen molar-refractivity contribution in [3.8, 4) is 0 Å². The van der Waals surface area contributed by atoms with Gasteiger partial charge in [-0.05, 0) is 6.07 Å². The Balaban J connectivity index is 2.09. The number of aromatic amines is 1. The van der Waals surface area contributed by atoms with Gasteiger partial charge in [-0.1, -0.05) is 18.2 Å². The largest absolute Gasteiger partial charge is 0.480 e. The topological polar surface area (TPSA) is 99.7 Å². The highest BCUT2D eigenvalue weighted by Gasteiger charge is 2.39. The molecule has 2 heterocycles. The number of ether oxygens (including phenoxy) is 1. The predicted molar refractivity (Wildman–Crippen MR) is 74.4 cm³/mol. The van der Waals surface area contributed by atoms with Gasteiger partial charge in [-0.3, -0.25) is 4.79 Å². The number of rotatable bonds is 3. The van der Waals surface area contributed by atoms with Gasteiger partial charge in [0, 0.05) is 23.6 Å². The summed E-state index contributed by atoms with van der Waals surface area (Å²) < 4.78 is 31.6. The number of benzene rings is 1. The molecule has 1 aromatic carbocycles. The molecule has 0 aliphatic carbocycles. The fourth-order valence-corrected chi connectivity index (χ4v) is 4.17. The standard InChI is InChI=1S/C13H14N2O5S/c16-13(17)11-8-20-6-5-15(11)21(18,19)12-7-14-10-4-2-1-3-9(10)12/h1-4,7,11,14H,5-6,8H2,(H,16,17). The molecule has 1 saturated heterocycles. The average molecular weight is 310 g/mol. The van der Waals surface area contributed by atoms with Crippen molar-refractivity contribution < 1.29 is 23.1 Å². The van der Waals surface area contributed by atoms with E-state index in [2.05, 4.69) is 4.98 Å². The molecule has 1 aromatic heterocycles. The zero-order valence-electron chi connectivity index (χ0n) is 11.0. The van der Waals surface area contributed by atoms with Crippen LogP contribution in [0.2, 0.25) is 0 Å². The van der Waals surface area contributed by atoms with E-state index in [1.807, 2.05) is 0 Å². The molecule has 2 aromatic rings. The smallest absolute Gasteiger partial charge is 0.324 e. The van der Waals surface area contributed by atoms with E-state index in [0.29, 0.717) is 10.9 Å². The number of fused-ring (bicyclic) bond motifs is 1. The van der Waals surface area contributed by atoms with Gasteiger partial charge in [-0.2, -0.15) is 4.31 Å². The number of carbonyl (C=O) groups is 1. The monoisotopic (exact) mass is 310 g/mol. The maximum Gasteiger partial charge on any atom is 0.324 e. The highest BCUT2D eigenvalue weighted by molar-refractivity contribution is 7.89. The van der Waals surface area contributed by atoms with Crippen LogP contribution in [-0.2, 0) is 19.6 Å². The second kappa shape index (κ2) is 5.14. The molecule has 1 aliphatic rings. The van der Waals surface area contributed by atoms with Crippen molar-refractivity contribution in [2.24, 2.45) is 0 Å². The van der Waals surface area contributed by atoms with Crippen molar-refractivity contribution in [3.05, 3.63) is 30.5 Å². The molecule has 0 radical (unpaired) electrons. The summed E-state index contributed by atoms with van der Waals surface area (Å²) in [6.45, 7) is 0.0705. The Morgan fingerprint density at radius 3 is 2.90 bits per heavy atom.